The number of nitrogens with zero attached hydrogens (tertiary/aromatic N) is 1. The highest BCUT2D eigenvalue weighted by molar-refractivity contribution is 5.65. The fourth-order valence-electron chi connectivity index (χ4n) is 1.08. The summed E-state index contributed by atoms with van der Waals surface area (Å²) in [6.45, 7) is 0.964. The zero-order valence-corrected chi connectivity index (χ0v) is 6.23. The second kappa shape index (κ2) is 3.39. The Hall–Kier alpha value is -1.03. The van der Waals surface area contributed by atoms with Gasteiger partial charge in [-0.1, -0.05) is 12.2 Å². The Morgan fingerprint density at radius 1 is 1.73 bits per heavy atom. The topological polar surface area (TPSA) is 66.6 Å². The van der Waals surface area contributed by atoms with E-state index in [1.54, 1.807) is 0 Å². The first-order valence-electron chi connectivity index (χ1n) is 3.60. The van der Waals surface area contributed by atoms with Crippen molar-refractivity contribution in [3.8, 4) is 0 Å². The molecule has 4 heteroatoms. The fraction of sp³-hybridized carbons (Fsp3) is 0.571. The maximum Gasteiger partial charge on any atom is 0.407 e. The highest BCUT2D eigenvalue weighted by Gasteiger charge is 2.15. The van der Waals surface area contributed by atoms with Gasteiger partial charge in [0.1, 0.15) is 0 Å². The minimum Gasteiger partial charge on any atom is -0.465 e. The predicted molar refractivity (Wildman–Crippen MR) is 41.3 cm³/mol. The summed E-state index contributed by atoms with van der Waals surface area (Å²) < 4.78 is 0. The van der Waals surface area contributed by atoms with Gasteiger partial charge in [0.2, 0.25) is 0 Å². The van der Waals surface area contributed by atoms with Crippen molar-refractivity contribution in [2.45, 2.75) is 12.5 Å². The average Bonchev–Trinajstić information content (AvgIpc) is 2.13. The molecule has 0 aliphatic carbocycles. The molecule has 0 spiro atoms. The molecular formula is C7H12N2O2. The van der Waals surface area contributed by atoms with E-state index in [0.717, 1.165) is 6.42 Å². The number of hydrogen-bond donors (Lipinski definition) is 2. The number of nitrogens with two attached hydrogens (primary N) is 1. The van der Waals surface area contributed by atoms with E-state index in [1.807, 2.05) is 12.2 Å². The van der Waals surface area contributed by atoms with E-state index in [-0.39, 0.29) is 6.04 Å². The quantitative estimate of drug-likeness (QED) is 0.494. The van der Waals surface area contributed by atoms with Crippen LogP contribution < -0.4 is 5.73 Å². The van der Waals surface area contributed by atoms with Gasteiger partial charge in [0.05, 0.1) is 0 Å². The minimum atomic E-state index is -0.885. The molecule has 0 saturated heterocycles. The van der Waals surface area contributed by atoms with Gasteiger partial charge in [-0.3, -0.25) is 0 Å². The van der Waals surface area contributed by atoms with E-state index in [0.29, 0.717) is 13.1 Å². The fourth-order valence-corrected chi connectivity index (χ4v) is 1.08. The van der Waals surface area contributed by atoms with Crippen LogP contribution in [0.25, 0.3) is 0 Å². The molecule has 4 nitrogen and oxygen atoms in total. The second-order valence-corrected chi connectivity index (χ2v) is 2.61. The normalized spacial score (nSPS) is 24.8. The van der Waals surface area contributed by atoms with Crippen LogP contribution in [0.3, 0.4) is 0 Å². The van der Waals surface area contributed by atoms with E-state index in [2.05, 4.69) is 0 Å². The van der Waals surface area contributed by atoms with Crippen molar-refractivity contribution in [3.63, 3.8) is 0 Å². The minimum absolute atomic E-state index is 0.145. The average molecular weight is 156 g/mol. The lowest BCUT2D eigenvalue weighted by Crippen LogP contribution is -2.38. The SMILES string of the molecule is NC1C=CCCN(C(=O)O)C1. The van der Waals surface area contributed by atoms with E-state index < -0.39 is 6.09 Å². The third-order valence-electron chi connectivity index (χ3n) is 1.65. The maximum absolute atomic E-state index is 10.5. The Balaban J connectivity index is 2.52. The van der Waals surface area contributed by atoms with E-state index in [4.69, 9.17) is 10.8 Å². The van der Waals surface area contributed by atoms with Crippen LogP contribution in [0.1, 0.15) is 6.42 Å². The van der Waals surface area contributed by atoms with Crippen LogP contribution in [-0.4, -0.2) is 35.2 Å². The van der Waals surface area contributed by atoms with E-state index >= 15 is 0 Å². The number of rotatable bonds is 0. The molecule has 62 valence electrons. The summed E-state index contributed by atoms with van der Waals surface area (Å²) in [7, 11) is 0. The van der Waals surface area contributed by atoms with Crippen molar-refractivity contribution in [1.82, 2.24) is 4.90 Å². The summed E-state index contributed by atoms with van der Waals surface area (Å²) in [6.07, 6.45) is 3.65. The lowest BCUT2D eigenvalue weighted by molar-refractivity contribution is 0.146. The number of carboxylic acid groups (broad SMARTS) is 1. The molecule has 0 radical (unpaired) electrons. The van der Waals surface area contributed by atoms with E-state index in [9.17, 15) is 4.79 Å². The van der Waals surface area contributed by atoms with Crippen molar-refractivity contribution in [3.05, 3.63) is 12.2 Å². The van der Waals surface area contributed by atoms with Gasteiger partial charge in [-0.15, -0.1) is 0 Å². The molecular weight excluding hydrogens is 144 g/mol. The molecule has 1 aliphatic heterocycles. The lowest BCUT2D eigenvalue weighted by atomic mass is 10.3. The molecule has 0 aromatic heterocycles. The zero-order valence-electron chi connectivity index (χ0n) is 6.23. The van der Waals surface area contributed by atoms with Crippen LogP contribution >= 0.6 is 0 Å². The molecule has 11 heavy (non-hydrogen) atoms. The largest absolute Gasteiger partial charge is 0.465 e. The molecule has 1 atom stereocenters. The van der Waals surface area contributed by atoms with Crippen LogP contribution in [0, 0.1) is 0 Å². The van der Waals surface area contributed by atoms with Gasteiger partial charge in [-0.2, -0.15) is 0 Å². The molecule has 0 fully saturated rings. The molecule has 1 rings (SSSR count). The van der Waals surface area contributed by atoms with Gasteiger partial charge < -0.3 is 15.7 Å². The zero-order chi connectivity index (χ0) is 8.27. The van der Waals surface area contributed by atoms with Crippen molar-refractivity contribution >= 4 is 6.09 Å². The molecule has 1 aliphatic rings. The Morgan fingerprint density at radius 2 is 2.45 bits per heavy atom. The predicted octanol–water partition coefficient (Wildman–Crippen LogP) is 0.254. The van der Waals surface area contributed by atoms with Crippen LogP contribution in [0.2, 0.25) is 0 Å². The summed E-state index contributed by atoms with van der Waals surface area (Å²) in [6, 6.07) is -0.145. The Bertz CT molecular complexity index is 179. The second-order valence-electron chi connectivity index (χ2n) is 2.61. The van der Waals surface area contributed by atoms with Gasteiger partial charge in [0.25, 0.3) is 0 Å². The monoisotopic (exact) mass is 156 g/mol. The smallest absolute Gasteiger partial charge is 0.407 e. The van der Waals surface area contributed by atoms with Crippen LogP contribution in [0.4, 0.5) is 4.79 Å². The summed E-state index contributed by atoms with van der Waals surface area (Å²) in [5, 5.41) is 8.62. The third kappa shape index (κ3) is 2.23. The van der Waals surface area contributed by atoms with Crippen LogP contribution in [-0.2, 0) is 0 Å². The Morgan fingerprint density at radius 3 is 3.09 bits per heavy atom. The summed E-state index contributed by atoms with van der Waals surface area (Å²) in [5.74, 6) is 0. The summed E-state index contributed by atoms with van der Waals surface area (Å²) in [4.78, 5) is 11.8. The van der Waals surface area contributed by atoms with Crippen LogP contribution in [0.5, 0.6) is 0 Å². The highest BCUT2D eigenvalue weighted by atomic mass is 16.4. The molecule has 0 saturated carbocycles. The third-order valence-corrected chi connectivity index (χ3v) is 1.65. The Labute approximate surface area is 65.3 Å². The number of amides is 1. The first-order valence-corrected chi connectivity index (χ1v) is 3.60. The van der Waals surface area contributed by atoms with Crippen molar-refractivity contribution in [1.29, 1.82) is 0 Å². The molecule has 0 aromatic rings. The Kier molecular flexibility index (Phi) is 2.48. The summed E-state index contributed by atoms with van der Waals surface area (Å²) in [5.41, 5.74) is 5.57. The molecule has 1 amide bonds. The first kappa shape index (κ1) is 8.07. The highest BCUT2D eigenvalue weighted by Crippen LogP contribution is 2.01. The molecule has 1 heterocycles. The van der Waals surface area contributed by atoms with Crippen LogP contribution in [0.15, 0.2) is 12.2 Å². The first-order chi connectivity index (χ1) is 5.20. The standard InChI is InChI=1S/C7H12N2O2/c8-6-3-1-2-4-9(5-6)7(10)11/h1,3,6H,2,4-5,8H2,(H,10,11). The van der Waals surface area contributed by atoms with Crippen molar-refractivity contribution in [2.24, 2.45) is 5.73 Å². The molecule has 3 N–H and O–H groups in total. The van der Waals surface area contributed by atoms with Gasteiger partial charge >= 0.3 is 6.09 Å². The number of carbonyl (C=O) groups is 1. The van der Waals surface area contributed by atoms with Gasteiger partial charge in [-0.05, 0) is 6.42 Å². The van der Waals surface area contributed by atoms with Gasteiger partial charge in [0, 0.05) is 19.1 Å². The molecule has 0 bridgehead atoms. The molecule has 0 aromatic carbocycles. The van der Waals surface area contributed by atoms with E-state index in [1.165, 1.54) is 4.90 Å². The lowest BCUT2D eigenvalue weighted by Gasteiger charge is -2.18. The molecule has 1 unspecified atom stereocenters. The van der Waals surface area contributed by atoms with Crippen molar-refractivity contribution < 1.29 is 9.90 Å². The number of hydrogen-bond acceptors (Lipinski definition) is 2. The van der Waals surface area contributed by atoms with Gasteiger partial charge in [0.15, 0.2) is 0 Å². The van der Waals surface area contributed by atoms with Gasteiger partial charge in [-0.25, -0.2) is 4.79 Å². The van der Waals surface area contributed by atoms with Crippen molar-refractivity contribution in [2.75, 3.05) is 13.1 Å². The maximum atomic E-state index is 10.5. The summed E-state index contributed by atoms with van der Waals surface area (Å²) >= 11 is 0.